The summed E-state index contributed by atoms with van der Waals surface area (Å²) in [5, 5.41) is 3.71. The van der Waals surface area contributed by atoms with E-state index in [0.717, 1.165) is 25.9 Å². The van der Waals surface area contributed by atoms with Gasteiger partial charge in [-0.05, 0) is 38.2 Å². The van der Waals surface area contributed by atoms with E-state index >= 15 is 0 Å². The molecule has 1 heterocycles. The lowest BCUT2D eigenvalue weighted by Gasteiger charge is -2.34. The molecule has 4 nitrogen and oxygen atoms in total. The standard InChI is InChI=1S/C14H29N3OS/c1-12(7-10-19-4)15-13-5-8-17(9-6-13)11-14(18)16(2)3/h12-13,15H,5-11H2,1-4H3. The van der Waals surface area contributed by atoms with Crippen LogP contribution in [-0.2, 0) is 4.79 Å². The van der Waals surface area contributed by atoms with Crippen molar-refractivity contribution in [3.8, 4) is 0 Å². The van der Waals surface area contributed by atoms with Crippen molar-refractivity contribution >= 4 is 17.7 Å². The predicted molar refractivity (Wildman–Crippen MR) is 83.8 cm³/mol. The number of piperidine rings is 1. The molecule has 0 aliphatic carbocycles. The molecule has 1 atom stereocenters. The predicted octanol–water partition coefficient (Wildman–Crippen LogP) is 1.27. The number of carbonyl (C=O) groups is 1. The van der Waals surface area contributed by atoms with Crippen LogP contribution >= 0.6 is 11.8 Å². The van der Waals surface area contributed by atoms with Crippen LogP contribution in [0.4, 0.5) is 0 Å². The van der Waals surface area contributed by atoms with Gasteiger partial charge in [-0.15, -0.1) is 0 Å². The molecule has 5 heteroatoms. The van der Waals surface area contributed by atoms with E-state index in [4.69, 9.17) is 0 Å². The van der Waals surface area contributed by atoms with Crippen molar-refractivity contribution in [2.75, 3.05) is 45.7 Å². The van der Waals surface area contributed by atoms with Gasteiger partial charge in [0.2, 0.25) is 5.91 Å². The zero-order chi connectivity index (χ0) is 14.3. The Morgan fingerprint density at radius 2 is 2.05 bits per heavy atom. The van der Waals surface area contributed by atoms with Gasteiger partial charge in [-0.25, -0.2) is 0 Å². The number of amides is 1. The molecule has 1 fully saturated rings. The maximum Gasteiger partial charge on any atom is 0.236 e. The van der Waals surface area contributed by atoms with E-state index in [9.17, 15) is 4.79 Å². The van der Waals surface area contributed by atoms with Crippen molar-refractivity contribution < 1.29 is 4.79 Å². The molecule has 1 amide bonds. The number of thioether (sulfide) groups is 1. The fourth-order valence-electron chi connectivity index (χ4n) is 2.37. The minimum atomic E-state index is 0.208. The Bertz CT molecular complexity index is 265. The van der Waals surface area contributed by atoms with Crippen LogP contribution in [0, 0.1) is 0 Å². The van der Waals surface area contributed by atoms with Gasteiger partial charge >= 0.3 is 0 Å². The quantitative estimate of drug-likeness (QED) is 0.765. The van der Waals surface area contributed by atoms with Crippen LogP contribution in [0.15, 0.2) is 0 Å². The molecule has 0 saturated carbocycles. The fraction of sp³-hybridized carbons (Fsp3) is 0.929. The monoisotopic (exact) mass is 287 g/mol. The first-order chi connectivity index (χ1) is 9.02. The molecule has 0 spiro atoms. The molecule has 1 aliphatic rings. The lowest BCUT2D eigenvalue weighted by atomic mass is 10.0. The third kappa shape index (κ3) is 6.63. The second-order valence-electron chi connectivity index (χ2n) is 5.69. The number of likely N-dealkylation sites (tertiary alicyclic amines) is 1. The Kier molecular flexibility index (Phi) is 7.80. The van der Waals surface area contributed by atoms with Crippen LogP contribution in [0.25, 0.3) is 0 Å². The van der Waals surface area contributed by atoms with Crippen LogP contribution in [0.5, 0.6) is 0 Å². The van der Waals surface area contributed by atoms with Crippen molar-refractivity contribution in [2.45, 2.75) is 38.3 Å². The van der Waals surface area contributed by atoms with Gasteiger partial charge in [-0.3, -0.25) is 9.69 Å². The average molecular weight is 287 g/mol. The van der Waals surface area contributed by atoms with E-state index < -0.39 is 0 Å². The minimum Gasteiger partial charge on any atom is -0.348 e. The highest BCUT2D eigenvalue weighted by Gasteiger charge is 2.22. The Labute approximate surface area is 122 Å². The molecule has 1 N–H and O–H groups in total. The summed E-state index contributed by atoms with van der Waals surface area (Å²) in [7, 11) is 3.65. The van der Waals surface area contributed by atoms with Crippen LogP contribution in [-0.4, -0.2) is 73.5 Å². The van der Waals surface area contributed by atoms with Crippen LogP contribution in [0.2, 0.25) is 0 Å². The lowest BCUT2D eigenvalue weighted by Crippen LogP contribution is -2.47. The van der Waals surface area contributed by atoms with Crippen molar-refractivity contribution in [2.24, 2.45) is 0 Å². The molecule has 1 aliphatic heterocycles. The molecule has 1 rings (SSSR count). The first-order valence-electron chi connectivity index (χ1n) is 7.20. The normalized spacial score (nSPS) is 19.4. The first kappa shape index (κ1) is 16.8. The van der Waals surface area contributed by atoms with Crippen molar-refractivity contribution in [3.05, 3.63) is 0 Å². The van der Waals surface area contributed by atoms with Gasteiger partial charge in [0.05, 0.1) is 6.54 Å². The first-order valence-corrected chi connectivity index (χ1v) is 8.59. The molecule has 1 unspecified atom stereocenters. The Morgan fingerprint density at radius 3 is 2.58 bits per heavy atom. The van der Waals surface area contributed by atoms with Gasteiger partial charge in [0.25, 0.3) is 0 Å². The molecule has 0 aromatic carbocycles. The third-order valence-corrected chi connectivity index (χ3v) is 4.36. The number of hydrogen-bond acceptors (Lipinski definition) is 4. The summed E-state index contributed by atoms with van der Waals surface area (Å²) in [6.45, 7) is 4.92. The maximum atomic E-state index is 11.7. The van der Waals surface area contributed by atoms with Crippen molar-refractivity contribution in [1.82, 2.24) is 15.1 Å². The van der Waals surface area contributed by atoms with Crippen molar-refractivity contribution in [1.29, 1.82) is 0 Å². The average Bonchev–Trinajstić information content (AvgIpc) is 2.38. The summed E-state index contributed by atoms with van der Waals surface area (Å²) in [4.78, 5) is 15.6. The van der Waals surface area contributed by atoms with Gasteiger partial charge in [0, 0.05) is 39.3 Å². The molecule has 0 aromatic heterocycles. The summed E-state index contributed by atoms with van der Waals surface area (Å²) in [5.41, 5.74) is 0. The van der Waals surface area contributed by atoms with Gasteiger partial charge in [0.15, 0.2) is 0 Å². The van der Waals surface area contributed by atoms with E-state index in [1.165, 1.54) is 12.2 Å². The van der Waals surface area contributed by atoms with E-state index in [0.29, 0.717) is 18.6 Å². The summed E-state index contributed by atoms with van der Waals surface area (Å²) in [6.07, 6.45) is 5.71. The molecular weight excluding hydrogens is 258 g/mol. The van der Waals surface area contributed by atoms with E-state index in [1.54, 1.807) is 4.90 Å². The van der Waals surface area contributed by atoms with E-state index in [1.807, 2.05) is 25.9 Å². The summed E-state index contributed by atoms with van der Waals surface area (Å²) in [5.74, 6) is 1.43. The number of hydrogen-bond donors (Lipinski definition) is 1. The Morgan fingerprint density at radius 1 is 1.42 bits per heavy atom. The minimum absolute atomic E-state index is 0.208. The topological polar surface area (TPSA) is 35.6 Å². The summed E-state index contributed by atoms with van der Waals surface area (Å²) < 4.78 is 0. The zero-order valence-corrected chi connectivity index (χ0v) is 13.6. The van der Waals surface area contributed by atoms with Gasteiger partial charge in [-0.2, -0.15) is 11.8 Å². The SMILES string of the molecule is CSCCC(C)NC1CCN(CC(=O)N(C)C)CC1. The summed E-state index contributed by atoms with van der Waals surface area (Å²) in [6, 6.07) is 1.23. The second-order valence-corrected chi connectivity index (χ2v) is 6.67. The highest BCUT2D eigenvalue weighted by atomic mass is 32.2. The number of carbonyl (C=O) groups excluding carboxylic acids is 1. The van der Waals surface area contributed by atoms with Gasteiger partial charge < -0.3 is 10.2 Å². The largest absolute Gasteiger partial charge is 0.348 e. The Hall–Kier alpha value is -0.260. The highest BCUT2D eigenvalue weighted by molar-refractivity contribution is 7.98. The van der Waals surface area contributed by atoms with Crippen molar-refractivity contribution in [3.63, 3.8) is 0 Å². The van der Waals surface area contributed by atoms with Crippen LogP contribution in [0.3, 0.4) is 0 Å². The highest BCUT2D eigenvalue weighted by Crippen LogP contribution is 2.12. The van der Waals surface area contributed by atoms with Crippen LogP contribution < -0.4 is 5.32 Å². The fourth-order valence-corrected chi connectivity index (χ4v) is 2.96. The number of nitrogens with one attached hydrogen (secondary N) is 1. The summed E-state index contributed by atoms with van der Waals surface area (Å²) >= 11 is 1.91. The molecule has 19 heavy (non-hydrogen) atoms. The third-order valence-electron chi connectivity index (χ3n) is 3.72. The van der Waals surface area contributed by atoms with Crippen LogP contribution in [0.1, 0.15) is 26.2 Å². The molecule has 112 valence electrons. The molecular formula is C14H29N3OS. The smallest absolute Gasteiger partial charge is 0.236 e. The molecule has 1 saturated heterocycles. The Balaban J connectivity index is 2.19. The van der Waals surface area contributed by atoms with E-state index in [-0.39, 0.29) is 5.91 Å². The number of likely N-dealkylation sites (N-methyl/N-ethyl adjacent to an activating group) is 1. The number of nitrogens with zero attached hydrogens (tertiary/aromatic N) is 2. The maximum absolute atomic E-state index is 11.7. The lowest BCUT2D eigenvalue weighted by molar-refractivity contribution is -0.130. The molecule has 0 radical (unpaired) electrons. The van der Waals surface area contributed by atoms with Gasteiger partial charge in [0.1, 0.15) is 0 Å². The zero-order valence-electron chi connectivity index (χ0n) is 12.8. The van der Waals surface area contributed by atoms with E-state index in [2.05, 4.69) is 23.4 Å². The molecule has 0 bridgehead atoms. The molecule has 0 aromatic rings. The number of rotatable bonds is 7. The second kappa shape index (κ2) is 8.82. The van der Waals surface area contributed by atoms with Gasteiger partial charge in [-0.1, -0.05) is 0 Å².